The third kappa shape index (κ3) is 3.78. The minimum absolute atomic E-state index is 0.279. The van der Waals surface area contributed by atoms with Gasteiger partial charge in [-0.15, -0.1) is 10.2 Å². The van der Waals surface area contributed by atoms with Gasteiger partial charge in [0.05, 0.1) is 5.69 Å². The molecular weight excluding hydrogens is 332 g/mol. The Bertz CT molecular complexity index is 632. The van der Waals surface area contributed by atoms with Crippen molar-refractivity contribution in [1.82, 2.24) is 10.2 Å². The van der Waals surface area contributed by atoms with E-state index in [1.165, 1.54) is 0 Å². The highest BCUT2D eigenvalue weighted by Gasteiger charge is 2.12. The van der Waals surface area contributed by atoms with Crippen LogP contribution >= 0.6 is 15.9 Å². The van der Waals surface area contributed by atoms with Crippen LogP contribution in [0, 0.1) is 13.8 Å². The summed E-state index contributed by atoms with van der Waals surface area (Å²) < 4.78 is 0.852. The number of benzene rings is 1. The van der Waals surface area contributed by atoms with E-state index in [1.54, 1.807) is 12.1 Å². The number of halogens is 1. The third-order valence-corrected chi connectivity index (χ3v) is 3.55. The van der Waals surface area contributed by atoms with Crippen LogP contribution in [0.2, 0.25) is 0 Å². The van der Waals surface area contributed by atoms with Crippen LogP contribution in [0.5, 0.6) is 0 Å². The average Bonchev–Trinajstić information content (AvgIpc) is 2.43. The van der Waals surface area contributed by atoms with E-state index in [0.717, 1.165) is 27.8 Å². The minimum Gasteiger partial charge on any atom is -0.369 e. The molecule has 2 rings (SSSR count). The van der Waals surface area contributed by atoms with Crippen molar-refractivity contribution < 1.29 is 4.79 Å². The molecule has 0 aliphatic heterocycles. The predicted octanol–water partition coefficient (Wildman–Crippen LogP) is 3.54. The molecule has 0 atom stereocenters. The van der Waals surface area contributed by atoms with Crippen molar-refractivity contribution in [2.45, 2.75) is 20.8 Å². The molecule has 2 N–H and O–H groups in total. The maximum absolute atomic E-state index is 12.2. The number of hydrogen-bond donors (Lipinski definition) is 2. The zero-order chi connectivity index (χ0) is 15.4. The van der Waals surface area contributed by atoms with Gasteiger partial charge in [-0.05, 0) is 66.0 Å². The van der Waals surface area contributed by atoms with Crippen molar-refractivity contribution >= 4 is 33.3 Å². The maximum Gasteiger partial charge on any atom is 0.276 e. The van der Waals surface area contributed by atoms with Gasteiger partial charge in [-0.1, -0.05) is 6.07 Å². The summed E-state index contributed by atoms with van der Waals surface area (Å²) in [5.41, 5.74) is 3.16. The van der Waals surface area contributed by atoms with Crippen LogP contribution in [-0.2, 0) is 0 Å². The van der Waals surface area contributed by atoms with Gasteiger partial charge in [0, 0.05) is 11.0 Å². The highest BCUT2D eigenvalue weighted by molar-refractivity contribution is 9.10. The van der Waals surface area contributed by atoms with E-state index in [2.05, 4.69) is 36.8 Å². The molecule has 21 heavy (non-hydrogen) atoms. The first-order valence-electron chi connectivity index (χ1n) is 6.67. The van der Waals surface area contributed by atoms with Gasteiger partial charge < -0.3 is 10.6 Å². The van der Waals surface area contributed by atoms with Crippen molar-refractivity contribution in [1.29, 1.82) is 0 Å². The van der Waals surface area contributed by atoms with E-state index in [0.29, 0.717) is 5.82 Å². The van der Waals surface area contributed by atoms with E-state index in [1.807, 2.05) is 32.9 Å². The summed E-state index contributed by atoms with van der Waals surface area (Å²) in [7, 11) is 0. The summed E-state index contributed by atoms with van der Waals surface area (Å²) >= 11 is 3.47. The number of carbonyl (C=O) groups excluding carboxylic acids is 1. The molecule has 0 aliphatic carbocycles. The quantitative estimate of drug-likeness (QED) is 0.886. The fraction of sp³-hybridized carbons (Fsp3) is 0.267. The lowest BCUT2D eigenvalue weighted by Crippen LogP contribution is -2.16. The average molecular weight is 349 g/mol. The molecular formula is C15H17BrN4O. The molecule has 1 aromatic carbocycles. The number of carbonyl (C=O) groups is 1. The Morgan fingerprint density at radius 3 is 2.57 bits per heavy atom. The van der Waals surface area contributed by atoms with Crippen LogP contribution in [0.25, 0.3) is 0 Å². The molecule has 6 heteroatoms. The number of anilines is 2. The Kier molecular flexibility index (Phi) is 4.90. The Hall–Kier alpha value is -1.95. The first-order chi connectivity index (χ1) is 10.0. The number of nitrogens with zero attached hydrogens (tertiary/aromatic N) is 2. The lowest BCUT2D eigenvalue weighted by atomic mass is 10.1. The van der Waals surface area contributed by atoms with Crippen molar-refractivity contribution in [3.05, 3.63) is 45.6 Å². The molecule has 0 aliphatic rings. The first-order valence-corrected chi connectivity index (χ1v) is 7.46. The number of aryl methyl sites for hydroxylation is 2. The van der Waals surface area contributed by atoms with Crippen molar-refractivity contribution in [3.63, 3.8) is 0 Å². The Morgan fingerprint density at radius 2 is 2.00 bits per heavy atom. The minimum atomic E-state index is -0.279. The van der Waals surface area contributed by atoms with Crippen molar-refractivity contribution in [3.8, 4) is 0 Å². The van der Waals surface area contributed by atoms with Gasteiger partial charge in [-0.25, -0.2) is 0 Å². The summed E-state index contributed by atoms with van der Waals surface area (Å²) in [5.74, 6) is 0.375. The summed E-state index contributed by atoms with van der Waals surface area (Å²) in [6.45, 7) is 6.69. The van der Waals surface area contributed by atoms with Crippen molar-refractivity contribution in [2.24, 2.45) is 0 Å². The molecule has 1 amide bonds. The number of rotatable bonds is 4. The van der Waals surface area contributed by atoms with Crippen LogP contribution in [0.4, 0.5) is 11.5 Å². The van der Waals surface area contributed by atoms with Crippen LogP contribution in [0.3, 0.4) is 0 Å². The molecule has 1 heterocycles. The molecule has 0 fully saturated rings. The van der Waals surface area contributed by atoms with Gasteiger partial charge >= 0.3 is 0 Å². The lowest BCUT2D eigenvalue weighted by molar-refractivity contribution is 0.102. The number of hydrogen-bond acceptors (Lipinski definition) is 4. The smallest absolute Gasteiger partial charge is 0.276 e. The van der Waals surface area contributed by atoms with Crippen molar-refractivity contribution in [2.75, 3.05) is 17.2 Å². The molecule has 0 spiro atoms. The van der Waals surface area contributed by atoms with Crippen LogP contribution in [-0.4, -0.2) is 22.6 Å². The van der Waals surface area contributed by atoms with E-state index >= 15 is 0 Å². The topological polar surface area (TPSA) is 66.9 Å². The lowest BCUT2D eigenvalue weighted by Gasteiger charge is -2.11. The first kappa shape index (κ1) is 15.4. The predicted molar refractivity (Wildman–Crippen MR) is 87.8 cm³/mol. The van der Waals surface area contributed by atoms with Crippen LogP contribution in [0.1, 0.15) is 28.5 Å². The fourth-order valence-electron chi connectivity index (χ4n) is 1.98. The number of aromatic nitrogens is 2. The second-order valence-corrected chi connectivity index (χ2v) is 5.58. The molecule has 2 aromatic rings. The van der Waals surface area contributed by atoms with Crippen LogP contribution < -0.4 is 10.6 Å². The van der Waals surface area contributed by atoms with Gasteiger partial charge in [0.2, 0.25) is 0 Å². The van der Waals surface area contributed by atoms with Gasteiger partial charge in [0.1, 0.15) is 5.82 Å². The summed E-state index contributed by atoms with van der Waals surface area (Å²) in [5, 5.41) is 13.8. The molecule has 0 saturated heterocycles. The van der Waals surface area contributed by atoms with E-state index in [-0.39, 0.29) is 11.6 Å². The third-order valence-electron chi connectivity index (χ3n) is 2.93. The highest BCUT2D eigenvalue weighted by Crippen LogP contribution is 2.28. The Labute approximate surface area is 132 Å². The standard InChI is InChI=1S/C15H17BrN4O/c1-4-17-13-6-5-12(19-20-13)15(21)18-14-10(3)7-9(2)8-11(14)16/h5-8H,4H2,1-3H3,(H,17,20)(H,18,21). The zero-order valence-electron chi connectivity index (χ0n) is 12.2. The SMILES string of the molecule is CCNc1ccc(C(=O)Nc2c(C)cc(C)cc2Br)nn1. The molecule has 0 bridgehead atoms. The Balaban J connectivity index is 2.18. The van der Waals surface area contributed by atoms with Gasteiger partial charge in [-0.2, -0.15) is 0 Å². The molecule has 0 saturated carbocycles. The maximum atomic E-state index is 12.2. The van der Waals surface area contributed by atoms with E-state index < -0.39 is 0 Å². The normalized spacial score (nSPS) is 10.3. The van der Waals surface area contributed by atoms with E-state index in [4.69, 9.17) is 0 Å². The summed E-state index contributed by atoms with van der Waals surface area (Å²) in [6.07, 6.45) is 0. The number of nitrogens with one attached hydrogen (secondary N) is 2. The van der Waals surface area contributed by atoms with E-state index in [9.17, 15) is 4.79 Å². The molecule has 0 unspecified atom stereocenters. The Morgan fingerprint density at radius 1 is 1.24 bits per heavy atom. The van der Waals surface area contributed by atoms with Gasteiger partial charge in [-0.3, -0.25) is 4.79 Å². The van der Waals surface area contributed by atoms with Gasteiger partial charge in [0.15, 0.2) is 5.69 Å². The summed E-state index contributed by atoms with van der Waals surface area (Å²) in [6, 6.07) is 7.36. The fourth-order valence-corrected chi connectivity index (χ4v) is 2.75. The van der Waals surface area contributed by atoms with Crippen LogP contribution in [0.15, 0.2) is 28.7 Å². The monoisotopic (exact) mass is 348 g/mol. The molecule has 0 radical (unpaired) electrons. The molecule has 1 aromatic heterocycles. The number of amides is 1. The second-order valence-electron chi connectivity index (χ2n) is 4.73. The second kappa shape index (κ2) is 6.67. The molecule has 110 valence electrons. The zero-order valence-corrected chi connectivity index (χ0v) is 13.8. The highest BCUT2D eigenvalue weighted by atomic mass is 79.9. The van der Waals surface area contributed by atoms with Gasteiger partial charge in [0.25, 0.3) is 5.91 Å². The summed E-state index contributed by atoms with van der Waals surface area (Å²) in [4.78, 5) is 12.2. The largest absolute Gasteiger partial charge is 0.369 e. The molecule has 5 nitrogen and oxygen atoms in total.